The van der Waals surface area contributed by atoms with Crippen LogP contribution in [0.3, 0.4) is 0 Å². The number of urea groups is 1. The minimum atomic E-state index is -5.11. The molecule has 27 nitrogen and oxygen atoms in total. The van der Waals surface area contributed by atoms with E-state index in [-0.39, 0.29) is 96.1 Å². The first kappa shape index (κ1) is 60.6. The molecule has 5 saturated heterocycles. The van der Waals surface area contributed by atoms with Crippen LogP contribution >= 0.6 is 11.8 Å². The second-order valence-electron chi connectivity index (χ2n) is 16.0. The van der Waals surface area contributed by atoms with Crippen molar-refractivity contribution in [1.29, 1.82) is 0 Å². The van der Waals surface area contributed by atoms with E-state index in [9.17, 15) is 74.2 Å². The quantitative estimate of drug-likeness (QED) is 0.0107. The Balaban J connectivity index is 0.00000595. The first-order valence-corrected chi connectivity index (χ1v) is 23.4. The van der Waals surface area contributed by atoms with Crippen molar-refractivity contribution in [3.8, 4) is 0 Å². The topological polar surface area (TPSA) is 430 Å². The number of amides is 2. The van der Waals surface area contributed by atoms with Crippen LogP contribution in [0.4, 0.5) is 4.79 Å². The third-order valence-electron chi connectivity index (χ3n) is 11.3. The summed E-state index contributed by atoms with van der Waals surface area (Å²) in [7, 11) is -5.11. The Morgan fingerprint density at radius 2 is 1.33 bits per heavy atom. The molecule has 0 aromatic rings. The Morgan fingerprint density at radius 3 is 1.96 bits per heavy atom. The molecule has 0 radical (unpaired) electrons. The van der Waals surface area contributed by atoms with Gasteiger partial charge in [0.25, 0.3) is 0 Å². The monoisotopic (exact) mass is 1020 g/mol. The van der Waals surface area contributed by atoms with Gasteiger partial charge in [-0.1, -0.05) is 12.8 Å². The fraction of sp³-hybridized carbons (Fsp3) is 0.889. The van der Waals surface area contributed by atoms with E-state index in [1.165, 1.54) is 0 Å². The molecule has 2 amide bonds. The maximum absolute atomic E-state index is 12.4. The zero-order valence-corrected chi connectivity index (χ0v) is 42.4. The van der Waals surface area contributed by atoms with Gasteiger partial charge in [0, 0.05) is 17.5 Å². The molecule has 67 heavy (non-hydrogen) atoms. The summed E-state index contributed by atoms with van der Waals surface area (Å²) in [6.07, 6.45) is -25.6. The van der Waals surface area contributed by atoms with Crippen LogP contribution in [0, 0.1) is 0 Å². The molecule has 5 heterocycles. The summed E-state index contributed by atoms with van der Waals surface area (Å²) < 4.78 is 68.7. The minimum Gasteiger partial charge on any atom is -0.862 e. The summed E-state index contributed by atoms with van der Waals surface area (Å²) in [6, 6.07) is 0.136. The van der Waals surface area contributed by atoms with Gasteiger partial charge in [0.05, 0.1) is 38.4 Å². The Kier molecular flexibility index (Phi) is 25.8. The molecule has 374 valence electrons. The Labute approximate surface area is 433 Å². The fourth-order valence-corrected chi connectivity index (χ4v) is 9.67. The summed E-state index contributed by atoms with van der Waals surface area (Å²) >= 11 is 1.82. The molecule has 5 fully saturated rings. The molecule has 0 aliphatic carbocycles. The number of hydrogen-bond acceptors (Lipinski definition) is 24. The normalized spacial score (nSPS) is 38.0. The molecule has 0 aromatic heterocycles. The molecule has 5 rings (SSSR count). The third kappa shape index (κ3) is 17.2. The van der Waals surface area contributed by atoms with Crippen molar-refractivity contribution < 1.29 is 170 Å². The maximum Gasteiger partial charge on any atom is 1.00 e. The van der Waals surface area contributed by atoms with E-state index in [0.717, 1.165) is 18.6 Å². The zero-order valence-electron chi connectivity index (χ0n) is 36.8. The molecular formula is C36H58N4Na2O23S2. The van der Waals surface area contributed by atoms with E-state index in [0.29, 0.717) is 43.9 Å². The number of rotatable bonds is 24. The van der Waals surface area contributed by atoms with Gasteiger partial charge in [-0.15, -0.1) is 0 Å². The van der Waals surface area contributed by atoms with E-state index in [4.69, 9.17) is 33.0 Å². The number of ether oxygens (including phenoxy) is 6. The van der Waals surface area contributed by atoms with Crippen molar-refractivity contribution in [2.45, 2.75) is 161 Å². The summed E-state index contributed by atoms with van der Waals surface area (Å²) in [5, 5.41) is 125. The Morgan fingerprint density at radius 1 is 0.746 bits per heavy atom. The summed E-state index contributed by atoms with van der Waals surface area (Å²) in [5.74, 6) is -1.58. The molecule has 18 atom stereocenters. The van der Waals surface area contributed by atoms with Gasteiger partial charge in [0.2, 0.25) is 0 Å². The number of hydrogen-bond donors (Lipinski definition) is 12. The van der Waals surface area contributed by atoms with Crippen LogP contribution in [-0.2, 0) is 47.8 Å². The molecule has 0 saturated carbocycles. The van der Waals surface area contributed by atoms with Gasteiger partial charge >= 0.3 is 81.5 Å². The first-order chi connectivity index (χ1) is 30.8. The third-order valence-corrected chi connectivity index (χ3v) is 13.2. The van der Waals surface area contributed by atoms with Gasteiger partial charge in [-0.2, -0.15) is 20.2 Å². The van der Waals surface area contributed by atoms with Crippen molar-refractivity contribution >= 4 is 46.0 Å². The number of carboxylic acids is 1. The van der Waals surface area contributed by atoms with Crippen LogP contribution in [0.2, 0.25) is 0 Å². The summed E-state index contributed by atoms with van der Waals surface area (Å²) in [4.78, 5) is 31.1. The predicted molar refractivity (Wildman–Crippen MR) is 213 cm³/mol. The number of aliphatic carboxylic acids is 1. The van der Waals surface area contributed by atoms with Crippen molar-refractivity contribution in [3.63, 3.8) is 0 Å². The molecule has 31 heteroatoms. The van der Waals surface area contributed by atoms with Gasteiger partial charge in [0.15, 0.2) is 25.0 Å². The first-order valence-electron chi connectivity index (χ1n) is 21.0. The predicted octanol–water partition coefficient (Wildman–Crippen LogP) is -12.8. The van der Waals surface area contributed by atoms with Gasteiger partial charge in [-0.3, -0.25) is 4.55 Å². The van der Waals surface area contributed by atoms with Crippen molar-refractivity contribution in [3.05, 3.63) is 0 Å². The van der Waals surface area contributed by atoms with Crippen LogP contribution in [0.15, 0.2) is 9.98 Å². The summed E-state index contributed by atoms with van der Waals surface area (Å²) in [6.45, 7) is -2.40. The standard InChI is InChI=1S/C36H60N4O23S2.2Na/c41-12-16-22(44)29(61-34-26(48)24(46)25(47)31(63-34)32(51)52)28(50)35(59-16)62-30-23(45)17(13-58-65(54,55)56)60-33(27(30)49)57-11-10-38-20(43)7-2-1-5-9-37-19(42)8-4-3-6-18-21-15(14-64-18)39-36(53)40-21;;/h15-18,21-31,33-35,41,44-50H,1-14H2,(H,37,42)(H,38,43)(H,51,52)(H2,39,40,53)(H,54,55,56);;/q;2*+1/p-2/t15-,16+,17+,18-,21-,22-,23-,24-,25-,26+,27+,28+,29-,30-,31-,33+,34+,35-;;/m0../s1. The van der Waals surface area contributed by atoms with Crippen molar-refractivity contribution in [1.82, 2.24) is 10.6 Å². The number of nitrogens with one attached hydrogen (secondary N) is 2. The second kappa shape index (κ2) is 28.5. The minimum absolute atomic E-state index is 0. The van der Waals surface area contributed by atoms with Crippen LogP contribution < -0.4 is 80.0 Å². The van der Waals surface area contributed by atoms with Crippen LogP contribution in [0.1, 0.15) is 51.4 Å². The number of carboxylic acid groups (broad SMARTS) is 1. The van der Waals surface area contributed by atoms with Crippen LogP contribution in [-0.4, -0.2) is 231 Å². The molecule has 0 unspecified atom stereocenters. The molecule has 5 aliphatic rings. The number of nitrogens with zero attached hydrogens (tertiary/aromatic N) is 2. The van der Waals surface area contributed by atoms with Gasteiger partial charge in [-0.05, 0) is 50.3 Å². The van der Waals surface area contributed by atoms with E-state index < -0.39 is 134 Å². The Hall–Kier alpha value is -0.660. The average Bonchev–Trinajstić information content (AvgIpc) is 3.81. The van der Waals surface area contributed by atoms with Crippen molar-refractivity contribution in [2.75, 3.05) is 38.7 Å². The SMILES string of the molecule is O=C1N[C@H]2[C@H](CS[C@H]2CCCCC([O-])=NCCCCCC([O-])=NCCO[C@@H]2O[C@H](COS(=O)(=O)O)[C@H](O)[C@H](O[C@@H]3O[C@H](CO)[C@H](O)[C@H](O[C@@H]4O[C@H](C(=O)O)[C@@H](O)[C@H](O)[C@H]4O)[C@H]3O)[C@H]2O)N1.[Na+].[Na+]. The molecule has 0 spiro atoms. The van der Waals surface area contributed by atoms with Crippen LogP contribution in [0.25, 0.3) is 0 Å². The molecule has 5 aliphatic heterocycles. The Bertz CT molecular complexity index is 1730. The van der Waals surface area contributed by atoms with Crippen molar-refractivity contribution in [2.24, 2.45) is 9.98 Å². The molecule has 12 N–H and O–H groups in total. The number of aliphatic hydroxyl groups is 8. The maximum atomic E-state index is 12.4. The fourth-order valence-electron chi connectivity index (χ4n) is 7.82. The van der Waals surface area contributed by atoms with E-state index >= 15 is 0 Å². The van der Waals surface area contributed by atoms with Gasteiger partial charge < -0.3 is 105 Å². The number of fused-ring (bicyclic) bond motifs is 1. The zero-order chi connectivity index (χ0) is 47.6. The van der Waals surface area contributed by atoms with Crippen LogP contribution in [0.5, 0.6) is 0 Å². The number of thioether (sulfide) groups is 1. The molecular weight excluding hydrogens is 967 g/mol. The number of aliphatic hydroxyl groups excluding tert-OH is 8. The number of aliphatic imine (C=N–C) groups is 2. The average molecular weight is 1020 g/mol. The van der Waals surface area contributed by atoms with Gasteiger partial charge in [-0.25, -0.2) is 13.8 Å². The number of carbonyl (C=O) groups excluding carboxylic acids is 1. The molecule has 0 bridgehead atoms. The van der Waals surface area contributed by atoms with Gasteiger partial charge in [0.1, 0.15) is 67.1 Å². The summed E-state index contributed by atoms with van der Waals surface area (Å²) in [5.41, 5.74) is 0. The van der Waals surface area contributed by atoms with E-state index in [1.807, 2.05) is 11.8 Å². The molecule has 0 aromatic carbocycles. The van der Waals surface area contributed by atoms with E-state index in [1.54, 1.807) is 0 Å². The second-order valence-corrected chi connectivity index (χ2v) is 18.3. The number of unbranched alkanes of at least 4 members (excludes halogenated alkanes) is 3. The smallest absolute Gasteiger partial charge is 0.862 e. The number of carbonyl (C=O) groups is 2. The van der Waals surface area contributed by atoms with E-state index in [2.05, 4.69) is 24.8 Å². The largest absolute Gasteiger partial charge is 1.00 e.